The number of rotatable bonds is 7. The van der Waals surface area contributed by atoms with Crippen molar-refractivity contribution in [2.45, 2.75) is 39.5 Å². The van der Waals surface area contributed by atoms with Crippen LogP contribution in [0.3, 0.4) is 0 Å². The molecule has 4 heteroatoms. The third kappa shape index (κ3) is 4.31. The molecule has 2 amide bonds. The van der Waals surface area contributed by atoms with Crippen LogP contribution in [0.15, 0.2) is 24.3 Å². The Morgan fingerprint density at radius 1 is 1.10 bits per heavy atom. The van der Waals surface area contributed by atoms with Crippen LogP contribution >= 0.6 is 0 Å². The normalized spacial score (nSPS) is 13.8. The molecule has 1 aromatic carbocycles. The van der Waals surface area contributed by atoms with E-state index in [1.807, 2.05) is 17.0 Å². The van der Waals surface area contributed by atoms with Gasteiger partial charge in [0.2, 0.25) is 5.91 Å². The van der Waals surface area contributed by atoms with Crippen LogP contribution in [0.2, 0.25) is 0 Å². The maximum atomic E-state index is 12.4. The molecule has 0 saturated heterocycles. The van der Waals surface area contributed by atoms with Crippen LogP contribution in [0.25, 0.3) is 0 Å². The smallest absolute Gasteiger partial charge is 0.253 e. The largest absolute Gasteiger partial charge is 0.339 e. The highest BCUT2D eigenvalue weighted by molar-refractivity contribution is 5.96. The van der Waals surface area contributed by atoms with Gasteiger partial charge in [0.05, 0.1) is 0 Å². The Kier molecular flexibility index (Phi) is 5.37. The average molecular weight is 288 g/mol. The molecule has 1 aliphatic carbocycles. The molecule has 1 saturated carbocycles. The van der Waals surface area contributed by atoms with Crippen LogP contribution < -0.4 is 5.32 Å². The molecule has 0 atom stereocenters. The zero-order valence-electron chi connectivity index (χ0n) is 12.9. The molecule has 0 aliphatic heterocycles. The van der Waals surface area contributed by atoms with Crippen LogP contribution in [0, 0.1) is 5.92 Å². The molecule has 4 nitrogen and oxygen atoms in total. The number of nitrogens with one attached hydrogen (secondary N) is 1. The van der Waals surface area contributed by atoms with E-state index in [9.17, 15) is 9.59 Å². The van der Waals surface area contributed by atoms with Gasteiger partial charge in [0, 0.05) is 30.3 Å². The summed E-state index contributed by atoms with van der Waals surface area (Å²) in [5, 5.41) is 2.89. The number of hydrogen-bond donors (Lipinski definition) is 1. The number of hydrogen-bond acceptors (Lipinski definition) is 2. The Morgan fingerprint density at radius 3 is 2.14 bits per heavy atom. The van der Waals surface area contributed by atoms with Crippen molar-refractivity contribution in [3.05, 3.63) is 29.8 Å². The first-order valence-electron chi connectivity index (χ1n) is 7.86. The molecule has 0 radical (unpaired) electrons. The highest BCUT2D eigenvalue weighted by Gasteiger charge is 2.29. The minimum Gasteiger partial charge on any atom is -0.339 e. The Labute approximate surface area is 126 Å². The van der Waals surface area contributed by atoms with E-state index in [1.165, 1.54) is 0 Å². The molecule has 0 aromatic heterocycles. The molecule has 0 unspecified atom stereocenters. The van der Waals surface area contributed by atoms with Crippen LogP contribution in [0.1, 0.15) is 49.9 Å². The lowest BCUT2D eigenvalue weighted by molar-refractivity contribution is -0.117. The van der Waals surface area contributed by atoms with E-state index < -0.39 is 0 Å². The van der Waals surface area contributed by atoms with Crippen molar-refractivity contribution in [2.75, 3.05) is 18.4 Å². The summed E-state index contributed by atoms with van der Waals surface area (Å²) in [5.74, 6) is 0.349. The second-order valence-corrected chi connectivity index (χ2v) is 5.63. The fraction of sp³-hybridized carbons (Fsp3) is 0.529. The third-order valence-electron chi connectivity index (χ3n) is 3.62. The monoisotopic (exact) mass is 288 g/mol. The first kappa shape index (κ1) is 15.5. The molecule has 1 N–H and O–H groups in total. The Morgan fingerprint density at radius 2 is 1.67 bits per heavy atom. The van der Waals surface area contributed by atoms with E-state index in [0.29, 0.717) is 5.56 Å². The highest BCUT2D eigenvalue weighted by atomic mass is 16.2. The van der Waals surface area contributed by atoms with Crippen LogP contribution in [0.4, 0.5) is 5.69 Å². The van der Waals surface area contributed by atoms with Crippen LogP contribution in [-0.4, -0.2) is 29.8 Å². The van der Waals surface area contributed by atoms with Crippen molar-refractivity contribution in [3.63, 3.8) is 0 Å². The van der Waals surface area contributed by atoms with Crippen molar-refractivity contribution < 1.29 is 9.59 Å². The number of nitrogens with zero attached hydrogens (tertiary/aromatic N) is 1. The standard InChI is InChI=1S/C17H24N2O2/c1-3-11-19(12-4-2)17(21)14-7-9-15(10-8-14)18-16(20)13-5-6-13/h7-10,13H,3-6,11-12H2,1-2H3,(H,18,20). The number of carbonyl (C=O) groups is 2. The fourth-order valence-corrected chi connectivity index (χ4v) is 2.32. The van der Waals surface area contributed by atoms with Gasteiger partial charge in [0.15, 0.2) is 0 Å². The Bertz CT molecular complexity index is 486. The Hall–Kier alpha value is -1.84. The summed E-state index contributed by atoms with van der Waals surface area (Å²) in [6, 6.07) is 7.21. The second kappa shape index (κ2) is 7.25. The molecule has 1 aromatic rings. The van der Waals surface area contributed by atoms with Crippen molar-refractivity contribution in [1.29, 1.82) is 0 Å². The quantitative estimate of drug-likeness (QED) is 0.837. The molecule has 21 heavy (non-hydrogen) atoms. The fourth-order valence-electron chi connectivity index (χ4n) is 2.32. The number of anilines is 1. The Balaban J connectivity index is 1.99. The van der Waals surface area contributed by atoms with Gasteiger partial charge in [-0.15, -0.1) is 0 Å². The lowest BCUT2D eigenvalue weighted by Crippen LogP contribution is -2.32. The molecule has 0 spiro atoms. The van der Waals surface area contributed by atoms with E-state index in [1.54, 1.807) is 12.1 Å². The minimum absolute atomic E-state index is 0.0683. The first-order chi connectivity index (χ1) is 10.2. The summed E-state index contributed by atoms with van der Waals surface area (Å²) in [6.07, 6.45) is 3.90. The number of benzene rings is 1. The van der Waals surface area contributed by atoms with Crippen molar-refractivity contribution in [2.24, 2.45) is 5.92 Å². The molecule has 2 rings (SSSR count). The lowest BCUT2D eigenvalue weighted by atomic mass is 10.1. The van der Waals surface area contributed by atoms with E-state index in [0.717, 1.165) is 44.5 Å². The second-order valence-electron chi connectivity index (χ2n) is 5.63. The van der Waals surface area contributed by atoms with Gasteiger partial charge in [0.1, 0.15) is 0 Å². The number of amides is 2. The SMILES string of the molecule is CCCN(CCC)C(=O)c1ccc(NC(=O)C2CC2)cc1. The predicted molar refractivity (Wildman–Crippen MR) is 84.3 cm³/mol. The molecule has 0 bridgehead atoms. The zero-order chi connectivity index (χ0) is 15.2. The van der Waals surface area contributed by atoms with Crippen LogP contribution in [-0.2, 0) is 4.79 Å². The van der Waals surface area contributed by atoms with E-state index in [-0.39, 0.29) is 17.7 Å². The minimum atomic E-state index is 0.0683. The van der Waals surface area contributed by atoms with Crippen molar-refractivity contribution in [1.82, 2.24) is 4.90 Å². The van der Waals surface area contributed by atoms with Gasteiger partial charge in [0.25, 0.3) is 5.91 Å². The molecular formula is C17H24N2O2. The van der Waals surface area contributed by atoms with Gasteiger partial charge in [-0.1, -0.05) is 13.8 Å². The van der Waals surface area contributed by atoms with Gasteiger partial charge in [-0.05, 0) is 49.9 Å². The first-order valence-corrected chi connectivity index (χ1v) is 7.86. The van der Waals surface area contributed by atoms with Crippen molar-refractivity contribution >= 4 is 17.5 Å². The molecule has 114 valence electrons. The maximum absolute atomic E-state index is 12.4. The maximum Gasteiger partial charge on any atom is 0.253 e. The molecular weight excluding hydrogens is 264 g/mol. The number of carbonyl (C=O) groups excluding carboxylic acids is 2. The summed E-state index contributed by atoms with van der Waals surface area (Å²) in [7, 11) is 0. The summed E-state index contributed by atoms with van der Waals surface area (Å²) in [6.45, 7) is 5.72. The van der Waals surface area contributed by atoms with Gasteiger partial charge >= 0.3 is 0 Å². The highest BCUT2D eigenvalue weighted by Crippen LogP contribution is 2.30. The van der Waals surface area contributed by atoms with E-state index in [2.05, 4.69) is 19.2 Å². The van der Waals surface area contributed by atoms with Gasteiger partial charge in [-0.2, -0.15) is 0 Å². The van der Waals surface area contributed by atoms with E-state index in [4.69, 9.17) is 0 Å². The van der Waals surface area contributed by atoms with Gasteiger partial charge < -0.3 is 10.2 Å². The zero-order valence-corrected chi connectivity index (χ0v) is 12.9. The predicted octanol–water partition coefficient (Wildman–Crippen LogP) is 3.30. The summed E-state index contributed by atoms with van der Waals surface area (Å²) < 4.78 is 0. The molecule has 0 heterocycles. The summed E-state index contributed by atoms with van der Waals surface area (Å²) in [4.78, 5) is 26.0. The lowest BCUT2D eigenvalue weighted by Gasteiger charge is -2.21. The summed E-state index contributed by atoms with van der Waals surface area (Å²) in [5.41, 5.74) is 1.45. The average Bonchev–Trinajstić information content (AvgIpc) is 3.32. The van der Waals surface area contributed by atoms with Gasteiger partial charge in [-0.3, -0.25) is 9.59 Å². The molecule has 1 fully saturated rings. The third-order valence-corrected chi connectivity index (χ3v) is 3.62. The molecule has 1 aliphatic rings. The van der Waals surface area contributed by atoms with E-state index >= 15 is 0 Å². The topological polar surface area (TPSA) is 49.4 Å². The van der Waals surface area contributed by atoms with Gasteiger partial charge in [-0.25, -0.2) is 0 Å². The van der Waals surface area contributed by atoms with Crippen LogP contribution in [0.5, 0.6) is 0 Å². The summed E-state index contributed by atoms with van der Waals surface area (Å²) >= 11 is 0. The van der Waals surface area contributed by atoms with Crippen molar-refractivity contribution in [3.8, 4) is 0 Å².